The zero-order valence-electron chi connectivity index (χ0n) is 16.8. The molecule has 3 N–H and O–H groups in total. The molecule has 3 aromatic rings. The van der Waals surface area contributed by atoms with Crippen LogP contribution in [0.4, 0.5) is 40.6 Å². The first-order valence-corrected chi connectivity index (χ1v) is 9.31. The van der Waals surface area contributed by atoms with Gasteiger partial charge in [-0.05, 0) is 11.6 Å². The Kier molecular flexibility index (Phi) is 6.76. The van der Waals surface area contributed by atoms with E-state index < -0.39 is 17.6 Å². The number of nitrogens with zero attached hydrogens (tertiary/aromatic N) is 4. The first kappa shape index (κ1) is 22.5. The maximum atomic E-state index is 14.4. The summed E-state index contributed by atoms with van der Waals surface area (Å²) in [4.78, 5) is 3.85. The van der Waals surface area contributed by atoms with Crippen molar-refractivity contribution in [3.8, 4) is 0 Å². The molecule has 0 amide bonds. The molecule has 7 nitrogen and oxygen atoms in total. The minimum atomic E-state index is -4.70. The molecule has 0 aliphatic heterocycles. The van der Waals surface area contributed by atoms with E-state index in [4.69, 9.17) is 5.11 Å². The molecule has 31 heavy (non-hydrogen) atoms. The van der Waals surface area contributed by atoms with Gasteiger partial charge in [-0.1, -0.05) is 12.1 Å². The summed E-state index contributed by atoms with van der Waals surface area (Å²) in [5.74, 6) is -0.119. The Morgan fingerprint density at radius 2 is 1.97 bits per heavy atom. The topological polar surface area (TPSA) is 89.1 Å². The molecule has 0 bridgehead atoms. The summed E-state index contributed by atoms with van der Waals surface area (Å²) in [5, 5.41) is 22.7. The smallest absolute Gasteiger partial charge is 0.419 e. The summed E-state index contributed by atoms with van der Waals surface area (Å²) in [6, 6.07) is 7.02. The van der Waals surface area contributed by atoms with Crippen molar-refractivity contribution in [2.24, 2.45) is 7.05 Å². The highest BCUT2D eigenvalue weighted by Gasteiger charge is 2.34. The van der Waals surface area contributed by atoms with Gasteiger partial charge in [0.2, 0.25) is 0 Å². The lowest BCUT2D eigenvalue weighted by Gasteiger charge is -2.20. The lowest BCUT2D eigenvalue weighted by atomic mass is 10.1. The van der Waals surface area contributed by atoms with Crippen molar-refractivity contribution in [3.05, 3.63) is 64.5 Å². The van der Waals surface area contributed by atoms with E-state index in [1.54, 1.807) is 19.2 Å². The normalized spacial score (nSPS) is 11.6. The monoisotopic (exact) mass is 437 g/mol. The second kappa shape index (κ2) is 9.31. The number of aryl methyl sites for hydroxylation is 1. The van der Waals surface area contributed by atoms with Crippen LogP contribution in [-0.4, -0.2) is 33.5 Å². The number of aliphatic hydroxyl groups excluding tert-OH is 1. The number of hydrogen-bond donors (Lipinski definition) is 3. The van der Waals surface area contributed by atoms with Crippen LogP contribution in [0.2, 0.25) is 0 Å². The molecular formula is C20H21F4N6O-. The summed E-state index contributed by atoms with van der Waals surface area (Å²) in [5.41, 5.74) is -0.447. The van der Waals surface area contributed by atoms with Gasteiger partial charge < -0.3 is 21.1 Å². The minimum Gasteiger partial charge on any atom is -0.661 e. The molecule has 3 rings (SSSR count). The van der Waals surface area contributed by atoms with E-state index in [1.165, 1.54) is 17.8 Å². The van der Waals surface area contributed by atoms with Gasteiger partial charge in [0.1, 0.15) is 17.5 Å². The van der Waals surface area contributed by atoms with Gasteiger partial charge in [0.25, 0.3) is 0 Å². The molecule has 0 atom stereocenters. The number of aliphatic hydroxyl groups is 1. The summed E-state index contributed by atoms with van der Waals surface area (Å²) in [6.07, 6.45) is -3.68. The first-order chi connectivity index (χ1) is 14.7. The van der Waals surface area contributed by atoms with Gasteiger partial charge in [-0.2, -0.15) is 25.3 Å². The van der Waals surface area contributed by atoms with Crippen LogP contribution in [0.25, 0.3) is 5.32 Å². The number of rotatable bonds is 8. The van der Waals surface area contributed by atoms with Crippen molar-refractivity contribution in [2.45, 2.75) is 19.1 Å². The molecule has 0 fully saturated rings. The standard InChI is InChI=1S/C20H21F4N6O/c1-25-10-12-4-3-5-15(21)19(12)27-16-9-17(26-11-14(16)20(22,23)24)28-18-8-13(6-7-31)29-30(18)2/h3-5,8-9,11,31H,6-7,10H2,1-2H3,(H2,26,27,28)/q-1. The summed E-state index contributed by atoms with van der Waals surface area (Å²) in [6.45, 7) is 0.0539. The Balaban J connectivity index is 1.99. The fourth-order valence-corrected chi connectivity index (χ4v) is 3.01. The predicted octanol–water partition coefficient (Wildman–Crippen LogP) is 4.50. The van der Waals surface area contributed by atoms with E-state index in [1.807, 2.05) is 0 Å². The van der Waals surface area contributed by atoms with Gasteiger partial charge in [-0.25, -0.2) is 9.37 Å². The fraction of sp³-hybridized carbons (Fsp3) is 0.300. The Hall–Kier alpha value is -3.18. The summed E-state index contributed by atoms with van der Waals surface area (Å²) >= 11 is 0. The van der Waals surface area contributed by atoms with Gasteiger partial charge in [0.05, 0.1) is 22.6 Å². The van der Waals surface area contributed by atoms with Crippen molar-refractivity contribution in [1.82, 2.24) is 14.8 Å². The predicted molar refractivity (Wildman–Crippen MR) is 109 cm³/mol. The number of para-hydroxylation sites is 1. The van der Waals surface area contributed by atoms with Crippen LogP contribution in [-0.2, 0) is 26.2 Å². The highest BCUT2D eigenvalue weighted by molar-refractivity contribution is 5.70. The van der Waals surface area contributed by atoms with Crippen LogP contribution < -0.4 is 10.6 Å². The molecule has 0 saturated heterocycles. The maximum absolute atomic E-state index is 14.4. The number of halogens is 4. The largest absolute Gasteiger partial charge is 0.661 e. The van der Waals surface area contributed by atoms with Crippen molar-refractivity contribution in [1.29, 1.82) is 0 Å². The zero-order valence-corrected chi connectivity index (χ0v) is 16.8. The van der Waals surface area contributed by atoms with Crippen LogP contribution in [0.3, 0.4) is 0 Å². The number of hydrogen-bond acceptors (Lipinski definition) is 5. The average Bonchev–Trinajstić information content (AvgIpc) is 3.03. The van der Waals surface area contributed by atoms with E-state index in [-0.39, 0.29) is 30.3 Å². The molecule has 0 unspecified atom stereocenters. The number of benzene rings is 1. The molecule has 0 aliphatic carbocycles. The second-order valence-corrected chi connectivity index (χ2v) is 6.73. The highest BCUT2D eigenvalue weighted by Crippen LogP contribution is 2.38. The number of nitrogens with one attached hydrogen (secondary N) is 2. The molecule has 0 spiro atoms. The molecule has 0 aliphatic rings. The number of anilines is 4. The molecule has 1 aromatic carbocycles. The summed E-state index contributed by atoms with van der Waals surface area (Å²) in [7, 11) is 3.18. The highest BCUT2D eigenvalue weighted by atomic mass is 19.4. The van der Waals surface area contributed by atoms with Crippen molar-refractivity contribution >= 4 is 23.0 Å². The van der Waals surface area contributed by atoms with Crippen LogP contribution in [0.1, 0.15) is 16.8 Å². The van der Waals surface area contributed by atoms with E-state index in [2.05, 4.69) is 26.0 Å². The Morgan fingerprint density at radius 1 is 1.19 bits per heavy atom. The van der Waals surface area contributed by atoms with Gasteiger partial charge in [0, 0.05) is 38.4 Å². The van der Waals surface area contributed by atoms with E-state index >= 15 is 0 Å². The lowest BCUT2D eigenvalue weighted by molar-refractivity contribution is -0.137. The second-order valence-electron chi connectivity index (χ2n) is 6.73. The third kappa shape index (κ3) is 5.30. The first-order valence-electron chi connectivity index (χ1n) is 9.31. The Morgan fingerprint density at radius 3 is 2.65 bits per heavy atom. The van der Waals surface area contributed by atoms with Crippen molar-refractivity contribution in [3.63, 3.8) is 0 Å². The quantitative estimate of drug-likeness (QED) is 0.452. The fourth-order valence-electron chi connectivity index (χ4n) is 3.01. The average molecular weight is 437 g/mol. The Labute approximate surface area is 176 Å². The van der Waals surface area contributed by atoms with Crippen LogP contribution in [0.15, 0.2) is 36.5 Å². The third-order valence-corrected chi connectivity index (χ3v) is 4.45. The van der Waals surface area contributed by atoms with Crippen LogP contribution >= 0.6 is 0 Å². The Bertz CT molecular complexity index is 1050. The van der Waals surface area contributed by atoms with Gasteiger partial charge in [-0.15, -0.1) is 6.54 Å². The molecule has 2 heterocycles. The molecule has 0 radical (unpaired) electrons. The van der Waals surface area contributed by atoms with E-state index in [0.29, 0.717) is 29.7 Å². The minimum absolute atomic E-state index is 0.0819. The number of alkyl halides is 3. The molecular weight excluding hydrogens is 416 g/mol. The van der Waals surface area contributed by atoms with E-state index in [0.717, 1.165) is 12.1 Å². The number of aromatic nitrogens is 3. The summed E-state index contributed by atoms with van der Waals surface area (Å²) < 4.78 is 56.6. The van der Waals surface area contributed by atoms with Crippen molar-refractivity contribution in [2.75, 3.05) is 24.3 Å². The maximum Gasteiger partial charge on any atom is 0.419 e. The van der Waals surface area contributed by atoms with Crippen LogP contribution in [0.5, 0.6) is 0 Å². The molecule has 2 aromatic heterocycles. The van der Waals surface area contributed by atoms with Crippen molar-refractivity contribution < 1.29 is 22.7 Å². The van der Waals surface area contributed by atoms with Crippen LogP contribution in [0, 0.1) is 5.82 Å². The SMILES string of the molecule is C[N-]Cc1cccc(F)c1Nc1cc(Nc2cc(CCO)nn2C)ncc1C(F)(F)F. The lowest BCUT2D eigenvalue weighted by Crippen LogP contribution is -2.12. The molecule has 0 saturated carbocycles. The molecule has 166 valence electrons. The molecule has 11 heteroatoms. The third-order valence-electron chi connectivity index (χ3n) is 4.45. The van der Waals surface area contributed by atoms with Gasteiger partial charge in [-0.3, -0.25) is 4.68 Å². The van der Waals surface area contributed by atoms with Gasteiger partial charge in [0.15, 0.2) is 0 Å². The van der Waals surface area contributed by atoms with Gasteiger partial charge >= 0.3 is 6.18 Å². The zero-order chi connectivity index (χ0) is 22.6. The number of pyridine rings is 1. The van der Waals surface area contributed by atoms with E-state index in [9.17, 15) is 17.6 Å².